The van der Waals surface area contributed by atoms with Gasteiger partial charge in [0.05, 0.1) is 5.69 Å². The maximum Gasteiger partial charge on any atom is 0.268 e. The summed E-state index contributed by atoms with van der Waals surface area (Å²) in [6, 6.07) is 13.6. The standard InChI is InChI=1S/C23H26N2O3/c1-15(2)14-25-20-11-10-19(13-21(20)28-17(4)23(25)27)24-22(26)12-9-18-7-5-16(3)6-8-18/h5-8,10-11,13,17H,1,9,12,14H2,2-4H3,(H,24,26). The average Bonchev–Trinajstić information content (AvgIpc) is 2.64. The van der Waals surface area contributed by atoms with Crippen LogP contribution in [0.2, 0.25) is 0 Å². The highest BCUT2D eigenvalue weighted by molar-refractivity contribution is 6.01. The van der Waals surface area contributed by atoms with Crippen LogP contribution in [-0.2, 0) is 16.0 Å². The van der Waals surface area contributed by atoms with E-state index in [1.807, 2.05) is 38.1 Å². The number of carbonyl (C=O) groups excluding carboxylic acids is 2. The molecule has 2 aromatic carbocycles. The second kappa shape index (κ2) is 8.30. The van der Waals surface area contributed by atoms with E-state index in [4.69, 9.17) is 4.74 Å². The zero-order valence-electron chi connectivity index (χ0n) is 16.6. The van der Waals surface area contributed by atoms with Crippen molar-refractivity contribution in [2.24, 2.45) is 0 Å². The Kier molecular flexibility index (Phi) is 5.83. The van der Waals surface area contributed by atoms with Crippen LogP contribution in [-0.4, -0.2) is 24.5 Å². The third kappa shape index (κ3) is 4.60. The number of fused-ring (bicyclic) bond motifs is 1. The number of amides is 2. The van der Waals surface area contributed by atoms with Crippen molar-refractivity contribution in [3.8, 4) is 5.75 Å². The number of carbonyl (C=O) groups is 2. The Hall–Kier alpha value is -3.08. The lowest BCUT2D eigenvalue weighted by atomic mass is 10.1. The normalized spacial score (nSPS) is 15.6. The van der Waals surface area contributed by atoms with Gasteiger partial charge in [0.2, 0.25) is 5.91 Å². The summed E-state index contributed by atoms with van der Waals surface area (Å²) in [5.41, 5.74) is 4.59. The lowest BCUT2D eigenvalue weighted by Gasteiger charge is -2.33. The second-order valence-corrected chi connectivity index (χ2v) is 7.36. The van der Waals surface area contributed by atoms with Crippen molar-refractivity contribution in [3.05, 3.63) is 65.7 Å². The molecule has 1 heterocycles. The zero-order chi connectivity index (χ0) is 20.3. The molecule has 0 aliphatic carbocycles. The molecule has 0 bridgehead atoms. The molecule has 3 rings (SSSR count). The van der Waals surface area contributed by atoms with E-state index in [0.29, 0.717) is 36.5 Å². The third-order valence-corrected chi connectivity index (χ3v) is 4.64. The van der Waals surface area contributed by atoms with E-state index in [0.717, 1.165) is 11.1 Å². The summed E-state index contributed by atoms with van der Waals surface area (Å²) < 4.78 is 5.75. The molecule has 5 nitrogen and oxygen atoms in total. The number of anilines is 2. The summed E-state index contributed by atoms with van der Waals surface area (Å²) in [4.78, 5) is 26.4. The van der Waals surface area contributed by atoms with Crippen molar-refractivity contribution in [2.75, 3.05) is 16.8 Å². The summed E-state index contributed by atoms with van der Waals surface area (Å²) in [6.45, 7) is 10.00. The van der Waals surface area contributed by atoms with Gasteiger partial charge < -0.3 is 15.0 Å². The van der Waals surface area contributed by atoms with Crippen molar-refractivity contribution in [1.29, 1.82) is 0 Å². The van der Waals surface area contributed by atoms with Crippen molar-refractivity contribution < 1.29 is 14.3 Å². The molecular formula is C23H26N2O3. The van der Waals surface area contributed by atoms with Crippen molar-refractivity contribution in [3.63, 3.8) is 0 Å². The zero-order valence-corrected chi connectivity index (χ0v) is 16.6. The fourth-order valence-electron chi connectivity index (χ4n) is 3.16. The quantitative estimate of drug-likeness (QED) is 0.764. The fourth-order valence-corrected chi connectivity index (χ4v) is 3.16. The first-order chi connectivity index (χ1) is 13.3. The number of nitrogens with one attached hydrogen (secondary N) is 1. The van der Waals surface area contributed by atoms with E-state index >= 15 is 0 Å². The minimum absolute atomic E-state index is 0.0562. The molecule has 1 N–H and O–H groups in total. The van der Waals surface area contributed by atoms with Gasteiger partial charge in [0.1, 0.15) is 5.75 Å². The Labute approximate surface area is 166 Å². The minimum atomic E-state index is -0.570. The predicted octanol–water partition coefficient (Wildman–Crippen LogP) is 4.26. The van der Waals surface area contributed by atoms with Crippen LogP contribution in [0.1, 0.15) is 31.4 Å². The smallest absolute Gasteiger partial charge is 0.268 e. The molecule has 0 saturated heterocycles. The molecule has 146 valence electrons. The number of aryl methyl sites for hydroxylation is 2. The Morgan fingerprint density at radius 3 is 2.61 bits per heavy atom. The summed E-state index contributed by atoms with van der Waals surface area (Å²) in [5, 5.41) is 2.92. The van der Waals surface area contributed by atoms with Crippen LogP contribution in [0.25, 0.3) is 0 Å². The first kappa shape index (κ1) is 19.7. The van der Waals surface area contributed by atoms with Crippen LogP contribution >= 0.6 is 0 Å². The molecule has 1 aliphatic heterocycles. The minimum Gasteiger partial charge on any atom is -0.479 e. The molecule has 5 heteroatoms. The highest BCUT2D eigenvalue weighted by atomic mass is 16.5. The summed E-state index contributed by atoms with van der Waals surface area (Å²) >= 11 is 0. The van der Waals surface area contributed by atoms with Gasteiger partial charge in [-0.2, -0.15) is 0 Å². The fraction of sp³-hybridized carbons (Fsp3) is 0.304. The molecule has 0 aromatic heterocycles. The molecule has 0 radical (unpaired) electrons. The van der Waals surface area contributed by atoms with Crippen LogP contribution in [0.3, 0.4) is 0 Å². The van der Waals surface area contributed by atoms with Crippen LogP contribution in [0.4, 0.5) is 11.4 Å². The van der Waals surface area contributed by atoms with E-state index in [9.17, 15) is 9.59 Å². The highest BCUT2D eigenvalue weighted by Crippen LogP contribution is 2.36. The Morgan fingerprint density at radius 1 is 1.21 bits per heavy atom. The van der Waals surface area contributed by atoms with E-state index < -0.39 is 6.10 Å². The van der Waals surface area contributed by atoms with Gasteiger partial charge in [0, 0.05) is 24.7 Å². The topological polar surface area (TPSA) is 58.6 Å². The van der Waals surface area contributed by atoms with Crippen LogP contribution in [0.5, 0.6) is 5.75 Å². The van der Waals surface area contributed by atoms with E-state index in [2.05, 4.69) is 11.9 Å². The molecule has 1 unspecified atom stereocenters. The van der Waals surface area contributed by atoms with E-state index in [1.54, 1.807) is 30.0 Å². The maximum atomic E-state index is 12.4. The number of ether oxygens (including phenoxy) is 1. The molecule has 1 atom stereocenters. The SMILES string of the molecule is C=C(C)CN1C(=O)C(C)Oc2cc(NC(=O)CCc3ccc(C)cc3)ccc21. The van der Waals surface area contributed by atoms with Gasteiger partial charge in [0.15, 0.2) is 6.10 Å². The lowest BCUT2D eigenvalue weighted by molar-refractivity contribution is -0.125. The van der Waals surface area contributed by atoms with E-state index in [1.165, 1.54) is 5.56 Å². The lowest BCUT2D eigenvalue weighted by Crippen LogP contribution is -2.45. The van der Waals surface area contributed by atoms with Crippen LogP contribution in [0.15, 0.2) is 54.6 Å². The molecular weight excluding hydrogens is 352 g/mol. The first-order valence-electron chi connectivity index (χ1n) is 9.45. The first-order valence-corrected chi connectivity index (χ1v) is 9.45. The van der Waals surface area contributed by atoms with Crippen molar-refractivity contribution in [1.82, 2.24) is 0 Å². The van der Waals surface area contributed by atoms with Gasteiger partial charge in [-0.15, -0.1) is 0 Å². The van der Waals surface area contributed by atoms with Crippen molar-refractivity contribution in [2.45, 2.75) is 39.7 Å². The Morgan fingerprint density at radius 2 is 1.93 bits per heavy atom. The van der Waals surface area contributed by atoms with Gasteiger partial charge in [-0.3, -0.25) is 9.59 Å². The Balaban J connectivity index is 1.68. The monoisotopic (exact) mass is 378 g/mol. The van der Waals surface area contributed by atoms with Gasteiger partial charge in [-0.05, 0) is 44.9 Å². The number of hydrogen-bond donors (Lipinski definition) is 1. The van der Waals surface area contributed by atoms with Gasteiger partial charge in [0.25, 0.3) is 5.91 Å². The molecule has 28 heavy (non-hydrogen) atoms. The second-order valence-electron chi connectivity index (χ2n) is 7.36. The van der Waals surface area contributed by atoms with Gasteiger partial charge >= 0.3 is 0 Å². The van der Waals surface area contributed by atoms with Gasteiger partial charge in [-0.25, -0.2) is 0 Å². The third-order valence-electron chi connectivity index (χ3n) is 4.64. The number of nitrogens with zero attached hydrogens (tertiary/aromatic N) is 1. The van der Waals surface area contributed by atoms with E-state index in [-0.39, 0.29) is 11.8 Å². The largest absolute Gasteiger partial charge is 0.479 e. The molecule has 2 amide bonds. The predicted molar refractivity (Wildman–Crippen MR) is 112 cm³/mol. The number of benzene rings is 2. The summed E-state index contributed by atoms with van der Waals surface area (Å²) in [5.74, 6) is 0.439. The highest BCUT2D eigenvalue weighted by Gasteiger charge is 2.31. The summed E-state index contributed by atoms with van der Waals surface area (Å²) in [7, 11) is 0. The number of rotatable bonds is 6. The molecule has 0 spiro atoms. The summed E-state index contributed by atoms with van der Waals surface area (Å²) in [6.07, 6.45) is 0.516. The average molecular weight is 378 g/mol. The van der Waals surface area contributed by atoms with Crippen molar-refractivity contribution >= 4 is 23.2 Å². The molecule has 1 aliphatic rings. The van der Waals surface area contributed by atoms with Crippen LogP contribution < -0.4 is 15.0 Å². The molecule has 0 fully saturated rings. The maximum absolute atomic E-state index is 12.4. The molecule has 2 aromatic rings. The number of hydrogen-bond acceptors (Lipinski definition) is 3. The Bertz CT molecular complexity index is 903. The van der Waals surface area contributed by atoms with Gasteiger partial charge in [-0.1, -0.05) is 42.0 Å². The molecule has 0 saturated carbocycles. The van der Waals surface area contributed by atoms with Crippen LogP contribution in [0, 0.1) is 6.92 Å².